The summed E-state index contributed by atoms with van der Waals surface area (Å²) < 4.78 is 0. The lowest BCUT2D eigenvalue weighted by molar-refractivity contribution is -0.166. The molecular weight excluding hydrogens is 408 g/mol. The van der Waals surface area contributed by atoms with Crippen molar-refractivity contribution in [3.63, 3.8) is 0 Å². The molecule has 8 heteroatoms. The first kappa shape index (κ1) is 22.6. The lowest BCUT2D eigenvalue weighted by Crippen LogP contribution is -2.69. The number of nitrogen functional groups attached to an aromatic ring is 1. The van der Waals surface area contributed by atoms with Crippen LogP contribution in [0.15, 0.2) is 18.3 Å². The second kappa shape index (κ2) is 9.88. The van der Waals surface area contributed by atoms with E-state index >= 15 is 0 Å². The Morgan fingerprint density at radius 3 is 2.44 bits per heavy atom. The molecule has 4 rings (SSSR count). The molecule has 0 spiro atoms. The Hall–Kier alpha value is -2.64. The van der Waals surface area contributed by atoms with Crippen molar-refractivity contribution in [3.05, 3.63) is 23.9 Å². The molecule has 0 aromatic carbocycles. The summed E-state index contributed by atoms with van der Waals surface area (Å²) in [6.45, 7) is 1.22. The highest BCUT2D eigenvalue weighted by Crippen LogP contribution is 2.36. The molecule has 1 aliphatic carbocycles. The van der Waals surface area contributed by atoms with Gasteiger partial charge in [0.25, 0.3) is 0 Å². The van der Waals surface area contributed by atoms with Crippen LogP contribution in [0.3, 0.4) is 0 Å². The van der Waals surface area contributed by atoms with E-state index in [0.29, 0.717) is 30.7 Å². The fourth-order valence-electron chi connectivity index (χ4n) is 5.80. The molecule has 3 heterocycles. The molecule has 3 N–H and O–H groups in total. The maximum atomic E-state index is 13.2. The molecule has 1 aromatic rings. The van der Waals surface area contributed by atoms with E-state index in [4.69, 9.17) is 5.73 Å². The number of carboxylic acid groups (broad SMARTS) is 1. The Labute approximate surface area is 189 Å². The van der Waals surface area contributed by atoms with Crippen LogP contribution in [-0.2, 0) is 16.0 Å². The average Bonchev–Trinajstić information content (AvgIpc) is 2.75. The van der Waals surface area contributed by atoms with Gasteiger partial charge in [-0.15, -0.1) is 0 Å². The molecular formula is C24H34N4O4. The van der Waals surface area contributed by atoms with Gasteiger partial charge in [-0.2, -0.15) is 0 Å². The van der Waals surface area contributed by atoms with Crippen molar-refractivity contribution in [1.82, 2.24) is 14.8 Å². The molecule has 3 aliphatic rings. The summed E-state index contributed by atoms with van der Waals surface area (Å²) in [4.78, 5) is 44.7. The number of imide groups is 1. The quantitative estimate of drug-likeness (QED) is 0.691. The molecule has 1 aromatic heterocycles. The number of amides is 3. The number of nitrogens with two attached hydrogens (primary N) is 1. The van der Waals surface area contributed by atoms with Crippen LogP contribution >= 0.6 is 0 Å². The number of carbonyl (C=O) groups is 3. The smallest absolute Gasteiger partial charge is 0.327 e. The van der Waals surface area contributed by atoms with Crippen molar-refractivity contribution in [2.24, 2.45) is 17.8 Å². The fraction of sp³-hybridized carbons (Fsp3) is 0.667. The van der Waals surface area contributed by atoms with Crippen molar-refractivity contribution in [2.45, 2.75) is 70.3 Å². The molecule has 3 atom stereocenters. The maximum Gasteiger partial charge on any atom is 0.327 e. The van der Waals surface area contributed by atoms with Gasteiger partial charge in [-0.1, -0.05) is 44.9 Å². The predicted molar refractivity (Wildman–Crippen MR) is 120 cm³/mol. The van der Waals surface area contributed by atoms with E-state index in [1.807, 2.05) is 0 Å². The number of aliphatic carboxylic acids is 1. The number of nitrogens with zero attached hydrogens (tertiary/aromatic N) is 3. The van der Waals surface area contributed by atoms with Crippen LogP contribution in [0.2, 0.25) is 0 Å². The number of β-lactam (4-membered cyclic amide) rings is 1. The van der Waals surface area contributed by atoms with Gasteiger partial charge in [-0.05, 0) is 48.8 Å². The fourth-order valence-corrected chi connectivity index (χ4v) is 5.80. The Morgan fingerprint density at radius 2 is 1.75 bits per heavy atom. The average molecular weight is 443 g/mol. The van der Waals surface area contributed by atoms with Crippen LogP contribution in [-0.4, -0.2) is 56.9 Å². The number of piperidine rings is 1. The highest BCUT2D eigenvalue weighted by molar-refractivity contribution is 6.07. The van der Waals surface area contributed by atoms with Gasteiger partial charge in [-0.25, -0.2) is 19.5 Å². The number of carbonyl (C=O) groups excluding carboxylic acids is 2. The molecule has 2 saturated heterocycles. The molecule has 3 fully saturated rings. The third-order valence-corrected chi connectivity index (χ3v) is 7.52. The number of carboxylic acids is 1. The van der Waals surface area contributed by atoms with Gasteiger partial charge < -0.3 is 15.7 Å². The van der Waals surface area contributed by atoms with Crippen molar-refractivity contribution in [3.8, 4) is 0 Å². The Morgan fingerprint density at radius 1 is 1.06 bits per heavy atom. The van der Waals surface area contributed by atoms with Crippen LogP contribution in [0.1, 0.15) is 63.4 Å². The topological polar surface area (TPSA) is 117 Å². The SMILES string of the molecule is Nc1cc(C[C@H]2C(=O)N(C(=O)N3CCCC(C4CCCCCCC4)C3)[C@@H]2C(=O)O)ccn1. The Bertz CT molecular complexity index is 852. The first-order valence-electron chi connectivity index (χ1n) is 12.0. The second-order valence-electron chi connectivity index (χ2n) is 9.63. The summed E-state index contributed by atoms with van der Waals surface area (Å²) in [5, 5.41) is 9.78. The van der Waals surface area contributed by atoms with E-state index in [0.717, 1.165) is 23.3 Å². The van der Waals surface area contributed by atoms with Gasteiger partial charge in [0.15, 0.2) is 6.04 Å². The summed E-state index contributed by atoms with van der Waals surface area (Å²) >= 11 is 0. The van der Waals surface area contributed by atoms with Crippen molar-refractivity contribution in [2.75, 3.05) is 18.8 Å². The highest BCUT2D eigenvalue weighted by Gasteiger charge is 2.55. The van der Waals surface area contributed by atoms with Crippen LogP contribution in [0.25, 0.3) is 0 Å². The number of hydrogen-bond donors (Lipinski definition) is 2. The Balaban J connectivity index is 1.42. The number of pyridine rings is 1. The predicted octanol–water partition coefficient (Wildman–Crippen LogP) is 3.31. The largest absolute Gasteiger partial charge is 0.480 e. The molecule has 8 nitrogen and oxygen atoms in total. The summed E-state index contributed by atoms with van der Waals surface area (Å²) in [6.07, 6.45) is 12.6. The lowest BCUT2D eigenvalue weighted by Gasteiger charge is -2.47. The summed E-state index contributed by atoms with van der Waals surface area (Å²) in [6, 6.07) is 1.78. The van der Waals surface area contributed by atoms with E-state index in [9.17, 15) is 19.5 Å². The highest BCUT2D eigenvalue weighted by atomic mass is 16.4. The summed E-state index contributed by atoms with van der Waals surface area (Å²) in [7, 11) is 0. The van der Waals surface area contributed by atoms with Crippen molar-refractivity contribution < 1.29 is 19.5 Å². The summed E-state index contributed by atoms with van der Waals surface area (Å²) in [5.74, 6) is -0.921. The number of aromatic nitrogens is 1. The molecule has 32 heavy (non-hydrogen) atoms. The minimum absolute atomic E-state index is 0.233. The number of urea groups is 1. The monoisotopic (exact) mass is 442 g/mol. The van der Waals surface area contributed by atoms with Crippen LogP contribution in [0, 0.1) is 17.8 Å². The molecule has 0 bridgehead atoms. The normalized spacial score (nSPS) is 27.4. The number of likely N-dealkylation sites (tertiary alicyclic amines) is 2. The standard InChI is InChI=1S/C24H34N4O4/c25-20-14-16(10-11-26-20)13-19-21(23(30)31)28(22(19)29)24(32)27-12-6-9-18(15-27)17-7-4-2-1-3-5-8-17/h10-11,14,17-19,21H,1-9,12-13,15H2,(H2,25,26)(H,30,31)/t18?,19-,21+/m1/s1. The van der Waals surface area contributed by atoms with Crippen molar-refractivity contribution >= 4 is 23.7 Å². The van der Waals surface area contributed by atoms with E-state index in [1.165, 1.54) is 51.1 Å². The van der Waals surface area contributed by atoms with Crippen LogP contribution in [0.4, 0.5) is 10.6 Å². The third kappa shape index (κ3) is 4.74. The first-order chi connectivity index (χ1) is 15.5. The van der Waals surface area contributed by atoms with E-state index < -0.39 is 29.9 Å². The molecule has 174 valence electrons. The van der Waals surface area contributed by atoms with Gasteiger partial charge >= 0.3 is 12.0 Å². The Kier molecular flexibility index (Phi) is 6.96. The second-order valence-corrected chi connectivity index (χ2v) is 9.63. The van der Waals surface area contributed by atoms with Gasteiger partial charge in [-0.3, -0.25) is 4.79 Å². The number of hydrogen-bond acceptors (Lipinski definition) is 5. The molecule has 1 unspecified atom stereocenters. The zero-order chi connectivity index (χ0) is 22.7. The zero-order valence-electron chi connectivity index (χ0n) is 18.6. The van der Waals surface area contributed by atoms with Crippen LogP contribution < -0.4 is 5.73 Å². The third-order valence-electron chi connectivity index (χ3n) is 7.52. The molecule has 1 saturated carbocycles. The minimum atomic E-state index is -1.14. The minimum Gasteiger partial charge on any atom is -0.480 e. The van der Waals surface area contributed by atoms with Gasteiger partial charge in [0.1, 0.15) is 5.82 Å². The van der Waals surface area contributed by atoms with Gasteiger partial charge in [0.05, 0.1) is 5.92 Å². The lowest BCUT2D eigenvalue weighted by atomic mass is 9.78. The van der Waals surface area contributed by atoms with Crippen molar-refractivity contribution in [1.29, 1.82) is 0 Å². The molecule has 2 aliphatic heterocycles. The van der Waals surface area contributed by atoms with E-state index in [2.05, 4.69) is 4.98 Å². The van der Waals surface area contributed by atoms with Gasteiger partial charge in [0.2, 0.25) is 5.91 Å². The molecule has 3 amide bonds. The molecule has 0 radical (unpaired) electrons. The van der Waals surface area contributed by atoms with E-state index in [-0.39, 0.29) is 6.42 Å². The van der Waals surface area contributed by atoms with E-state index in [1.54, 1.807) is 17.0 Å². The first-order valence-corrected chi connectivity index (χ1v) is 12.0. The van der Waals surface area contributed by atoms with Crippen LogP contribution in [0.5, 0.6) is 0 Å². The summed E-state index contributed by atoms with van der Waals surface area (Å²) in [5.41, 5.74) is 6.45. The number of rotatable bonds is 4. The number of anilines is 1. The van der Waals surface area contributed by atoms with Gasteiger partial charge in [0, 0.05) is 19.3 Å². The maximum absolute atomic E-state index is 13.2. The zero-order valence-corrected chi connectivity index (χ0v) is 18.6.